The van der Waals surface area contributed by atoms with Crippen LogP contribution in [0.2, 0.25) is 5.02 Å². The molecule has 0 spiro atoms. The molecule has 0 saturated heterocycles. The van der Waals surface area contributed by atoms with Crippen molar-refractivity contribution in [2.45, 2.75) is 6.42 Å². The van der Waals surface area contributed by atoms with Gasteiger partial charge in [-0.1, -0.05) is 23.7 Å². The van der Waals surface area contributed by atoms with Crippen LogP contribution in [-0.4, -0.2) is 11.5 Å². The zero-order valence-corrected chi connectivity index (χ0v) is 8.11. The highest BCUT2D eigenvalue weighted by Gasteiger charge is 2.00. The summed E-state index contributed by atoms with van der Waals surface area (Å²) in [6, 6.07) is 7.26. The molecule has 0 N–H and O–H groups in total. The first-order chi connectivity index (χ1) is 5.72. The van der Waals surface area contributed by atoms with Crippen molar-refractivity contribution < 1.29 is 4.79 Å². The summed E-state index contributed by atoms with van der Waals surface area (Å²) >= 11 is 9.57. The van der Waals surface area contributed by atoms with Crippen molar-refractivity contribution in [3.63, 3.8) is 0 Å². The molecule has 1 rings (SSSR count). The van der Waals surface area contributed by atoms with Crippen molar-refractivity contribution in [2.75, 3.05) is 5.75 Å². The number of hydrogen-bond acceptors (Lipinski definition) is 2. The molecule has 3 heteroatoms. The zero-order valence-electron chi connectivity index (χ0n) is 6.46. The lowest BCUT2D eigenvalue weighted by Gasteiger charge is -1.97. The van der Waals surface area contributed by atoms with Crippen molar-refractivity contribution in [1.29, 1.82) is 0 Å². The molecular formula is C9H9ClOS. The molecule has 0 fully saturated rings. The number of Topliss-reactive ketones (excluding diaryl/α,β-unsaturated/α-hetero) is 1. The van der Waals surface area contributed by atoms with Crippen LogP contribution in [0.15, 0.2) is 24.3 Å². The molecule has 1 nitrogen and oxygen atoms in total. The molecule has 0 unspecified atom stereocenters. The molecule has 1 aromatic carbocycles. The van der Waals surface area contributed by atoms with Gasteiger partial charge in [-0.05, 0) is 17.7 Å². The third kappa shape index (κ3) is 2.88. The number of rotatable bonds is 3. The second-order valence-corrected chi connectivity index (χ2v) is 3.25. The Labute approximate surface area is 82.1 Å². The van der Waals surface area contributed by atoms with E-state index in [9.17, 15) is 4.79 Å². The molecule has 0 aliphatic rings. The second kappa shape index (κ2) is 4.53. The van der Waals surface area contributed by atoms with Gasteiger partial charge in [-0.15, -0.1) is 0 Å². The minimum Gasteiger partial charge on any atom is -0.298 e. The van der Waals surface area contributed by atoms with Gasteiger partial charge in [0.2, 0.25) is 0 Å². The first kappa shape index (κ1) is 9.62. The highest BCUT2D eigenvalue weighted by atomic mass is 35.5. The van der Waals surface area contributed by atoms with E-state index in [1.54, 1.807) is 12.1 Å². The molecular weight excluding hydrogens is 192 g/mol. The quantitative estimate of drug-likeness (QED) is 0.742. The Hall–Kier alpha value is -0.470. The molecule has 0 heterocycles. The van der Waals surface area contributed by atoms with Crippen molar-refractivity contribution in [1.82, 2.24) is 0 Å². The molecule has 0 radical (unpaired) electrons. The Balaban J connectivity index is 2.64. The number of thiol groups is 1. The predicted molar refractivity (Wildman–Crippen MR) is 54.0 cm³/mol. The average molecular weight is 201 g/mol. The van der Waals surface area contributed by atoms with Crippen LogP contribution in [-0.2, 0) is 11.2 Å². The van der Waals surface area contributed by atoms with Gasteiger partial charge in [0.25, 0.3) is 0 Å². The Morgan fingerprint density at radius 2 is 1.92 bits per heavy atom. The summed E-state index contributed by atoms with van der Waals surface area (Å²) < 4.78 is 0. The lowest BCUT2D eigenvalue weighted by Crippen LogP contribution is -2.03. The molecule has 12 heavy (non-hydrogen) atoms. The van der Waals surface area contributed by atoms with Crippen LogP contribution >= 0.6 is 24.2 Å². The van der Waals surface area contributed by atoms with Crippen LogP contribution in [0.25, 0.3) is 0 Å². The molecule has 0 aliphatic heterocycles. The van der Waals surface area contributed by atoms with E-state index in [0.717, 1.165) is 5.56 Å². The number of benzene rings is 1. The van der Waals surface area contributed by atoms with Crippen molar-refractivity contribution in [3.05, 3.63) is 34.9 Å². The maximum absolute atomic E-state index is 11.0. The van der Waals surface area contributed by atoms with Crippen LogP contribution in [0.5, 0.6) is 0 Å². The van der Waals surface area contributed by atoms with E-state index in [2.05, 4.69) is 12.6 Å². The number of carbonyl (C=O) groups is 1. The lowest BCUT2D eigenvalue weighted by molar-refractivity contribution is -0.115. The summed E-state index contributed by atoms with van der Waals surface area (Å²) in [6.45, 7) is 0. The smallest absolute Gasteiger partial charge is 0.146 e. The van der Waals surface area contributed by atoms with Gasteiger partial charge in [-0.3, -0.25) is 4.79 Å². The van der Waals surface area contributed by atoms with Gasteiger partial charge < -0.3 is 0 Å². The summed E-state index contributed by atoms with van der Waals surface area (Å²) in [5.74, 6) is 0.420. The van der Waals surface area contributed by atoms with E-state index in [-0.39, 0.29) is 5.78 Å². The predicted octanol–water partition coefficient (Wildman–Crippen LogP) is 2.38. The molecule has 1 aromatic rings. The van der Waals surface area contributed by atoms with Gasteiger partial charge in [0, 0.05) is 17.2 Å². The maximum Gasteiger partial charge on any atom is 0.146 e. The molecule has 0 aliphatic carbocycles. The number of ketones is 1. The molecule has 64 valence electrons. The van der Waals surface area contributed by atoms with E-state index in [4.69, 9.17) is 11.6 Å². The van der Waals surface area contributed by atoms with Crippen molar-refractivity contribution in [2.24, 2.45) is 0 Å². The standard InChI is InChI=1S/C9H9ClOS/c10-8-3-1-7(2-4-8)5-9(11)6-12/h1-4,12H,5-6H2. The van der Waals surface area contributed by atoms with Gasteiger partial charge in [-0.25, -0.2) is 0 Å². The van der Waals surface area contributed by atoms with E-state index in [1.165, 1.54) is 0 Å². The lowest BCUT2D eigenvalue weighted by atomic mass is 10.1. The molecule has 0 amide bonds. The number of hydrogen-bond donors (Lipinski definition) is 1. The third-order valence-corrected chi connectivity index (χ3v) is 2.10. The first-order valence-electron chi connectivity index (χ1n) is 3.59. The summed E-state index contributed by atoms with van der Waals surface area (Å²) in [4.78, 5) is 11.0. The zero-order chi connectivity index (χ0) is 8.97. The van der Waals surface area contributed by atoms with Gasteiger partial charge >= 0.3 is 0 Å². The monoisotopic (exact) mass is 200 g/mol. The molecule has 0 aromatic heterocycles. The van der Waals surface area contributed by atoms with E-state index >= 15 is 0 Å². The number of carbonyl (C=O) groups excluding carboxylic acids is 1. The van der Waals surface area contributed by atoms with Gasteiger partial charge in [0.05, 0.1) is 0 Å². The molecule has 0 atom stereocenters. The summed E-state index contributed by atoms with van der Waals surface area (Å²) in [6.07, 6.45) is 0.445. The largest absolute Gasteiger partial charge is 0.298 e. The first-order valence-corrected chi connectivity index (χ1v) is 4.60. The maximum atomic E-state index is 11.0. The fourth-order valence-corrected chi connectivity index (χ4v) is 1.12. The van der Waals surface area contributed by atoms with E-state index < -0.39 is 0 Å². The second-order valence-electron chi connectivity index (χ2n) is 2.50. The van der Waals surface area contributed by atoms with Crippen LogP contribution in [0, 0.1) is 0 Å². The van der Waals surface area contributed by atoms with Crippen LogP contribution < -0.4 is 0 Å². The Kier molecular flexibility index (Phi) is 3.63. The van der Waals surface area contributed by atoms with Crippen LogP contribution in [0.4, 0.5) is 0 Å². The summed E-state index contributed by atoms with van der Waals surface area (Å²) in [5.41, 5.74) is 0.985. The van der Waals surface area contributed by atoms with Gasteiger partial charge in [0.15, 0.2) is 0 Å². The Morgan fingerprint density at radius 1 is 1.33 bits per heavy atom. The minimum absolute atomic E-state index is 0.126. The Bertz CT molecular complexity index is 268. The Morgan fingerprint density at radius 3 is 2.42 bits per heavy atom. The summed E-state index contributed by atoms with van der Waals surface area (Å²) in [5, 5.41) is 0.692. The van der Waals surface area contributed by atoms with Crippen molar-refractivity contribution in [3.8, 4) is 0 Å². The van der Waals surface area contributed by atoms with Gasteiger partial charge in [0.1, 0.15) is 5.78 Å². The third-order valence-electron chi connectivity index (χ3n) is 1.49. The minimum atomic E-state index is 0.126. The number of halogens is 1. The highest BCUT2D eigenvalue weighted by Crippen LogP contribution is 2.10. The van der Waals surface area contributed by atoms with E-state index in [0.29, 0.717) is 17.2 Å². The fraction of sp³-hybridized carbons (Fsp3) is 0.222. The van der Waals surface area contributed by atoms with Crippen LogP contribution in [0.1, 0.15) is 5.56 Å². The van der Waals surface area contributed by atoms with Gasteiger partial charge in [-0.2, -0.15) is 12.6 Å². The highest BCUT2D eigenvalue weighted by molar-refractivity contribution is 7.81. The fourth-order valence-electron chi connectivity index (χ4n) is 0.886. The molecule has 0 bridgehead atoms. The van der Waals surface area contributed by atoms with Crippen molar-refractivity contribution >= 4 is 30.0 Å². The van der Waals surface area contributed by atoms with Crippen LogP contribution in [0.3, 0.4) is 0 Å². The summed E-state index contributed by atoms with van der Waals surface area (Å²) in [7, 11) is 0. The van der Waals surface area contributed by atoms with E-state index in [1.807, 2.05) is 12.1 Å². The SMILES string of the molecule is O=C(CS)Cc1ccc(Cl)cc1. The normalized spacial score (nSPS) is 9.83. The molecule has 0 saturated carbocycles. The topological polar surface area (TPSA) is 17.1 Å². The average Bonchev–Trinajstić information content (AvgIpc) is 2.09.